The highest BCUT2D eigenvalue weighted by Crippen LogP contribution is 2.41. The quantitative estimate of drug-likeness (QED) is 0.811. The van der Waals surface area contributed by atoms with Crippen LogP contribution in [0.25, 0.3) is 0 Å². The van der Waals surface area contributed by atoms with Crippen molar-refractivity contribution >= 4 is 5.97 Å². The van der Waals surface area contributed by atoms with Gasteiger partial charge in [-0.2, -0.15) is 0 Å². The summed E-state index contributed by atoms with van der Waals surface area (Å²) >= 11 is 0. The Balaban J connectivity index is 1.70. The smallest absolute Gasteiger partial charge is 0.321 e. The van der Waals surface area contributed by atoms with Crippen LogP contribution in [0.5, 0.6) is 17.2 Å². The molecule has 2 aromatic rings. The lowest BCUT2D eigenvalue weighted by molar-refractivity contribution is -0.139. The number of fused-ring (bicyclic) bond motifs is 1. The van der Waals surface area contributed by atoms with E-state index in [1.54, 1.807) is 7.11 Å². The lowest BCUT2D eigenvalue weighted by Crippen LogP contribution is -2.38. The van der Waals surface area contributed by atoms with E-state index in [0.29, 0.717) is 30.2 Å². The molecule has 0 fully saturated rings. The van der Waals surface area contributed by atoms with Gasteiger partial charge in [-0.25, -0.2) is 0 Å². The third-order valence-electron chi connectivity index (χ3n) is 3.85. The molecule has 126 valence electrons. The molecule has 24 heavy (non-hydrogen) atoms. The number of hydrogen-bond acceptors (Lipinski definition) is 5. The number of ether oxygens (including phenoxy) is 3. The molecule has 0 bridgehead atoms. The van der Waals surface area contributed by atoms with Crippen molar-refractivity contribution in [2.24, 2.45) is 0 Å². The maximum absolute atomic E-state index is 11.5. The van der Waals surface area contributed by atoms with Gasteiger partial charge in [-0.15, -0.1) is 0 Å². The molecule has 0 radical (unpaired) electrons. The Kier molecular flexibility index (Phi) is 4.86. The fourth-order valence-electron chi connectivity index (χ4n) is 2.62. The zero-order valence-electron chi connectivity index (χ0n) is 13.3. The summed E-state index contributed by atoms with van der Waals surface area (Å²) < 4.78 is 16.0. The Morgan fingerprint density at radius 1 is 1.25 bits per heavy atom. The van der Waals surface area contributed by atoms with Crippen LogP contribution in [0.1, 0.15) is 11.1 Å². The highest BCUT2D eigenvalue weighted by molar-refractivity contribution is 5.74. The Morgan fingerprint density at radius 2 is 2.04 bits per heavy atom. The monoisotopic (exact) mass is 329 g/mol. The highest BCUT2D eigenvalue weighted by atomic mass is 16.7. The van der Waals surface area contributed by atoms with Crippen molar-refractivity contribution in [2.75, 3.05) is 13.9 Å². The molecule has 0 saturated heterocycles. The molecule has 0 spiro atoms. The number of methoxy groups -OCH3 is 1. The molecule has 3 rings (SSSR count). The van der Waals surface area contributed by atoms with Crippen molar-refractivity contribution in [1.82, 2.24) is 5.32 Å². The molecule has 0 amide bonds. The Bertz CT molecular complexity index is 717. The number of rotatable bonds is 7. The molecular formula is C18H19NO5. The fraction of sp³-hybridized carbons (Fsp3) is 0.278. The topological polar surface area (TPSA) is 77.0 Å². The van der Waals surface area contributed by atoms with Crippen molar-refractivity contribution in [1.29, 1.82) is 0 Å². The zero-order valence-corrected chi connectivity index (χ0v) is 13.3. The van der Waals surface area contributed by atoms with E-state index in [9.17, 15) is 9.90 Å². The summed E-state index contributed by atoms with van der Waals surface area (Å²) in [7, 11) is 1.56. The van der Waals surface area contributed by atoms with Gasteiger partial charge >= 0.3 is 5.97 Å². The van der Waals surface area contributed by atoms with Crippen LogP contribution in [0.3, 0.4) is 0 Å². The van der Waals surface area contributed by atoms with Crippen LogP contribution in [0.4, 0.5) is 0 Å². The average molecular weight is 329 g/mol. The predicted octanol–water partition coefficient (Wildman–Crippen LogP) is 2.21. The van der Waals surface area contributed by atoms with Gasteiger partial charge in [0.2, 0.25) is 12.5 Å². The number of carbonyl (C=O) groups is 1. The van der Waals surface area contributed by atoms with E-state index in [1.807, 2.05) is 42.5 Å². The first kappa shape index (κ1) is 16.1. The van der Waals surface area contributed by atoms with Gasteiger partial charge in [0.15, 0.2) is 11.5 Å². The highest BCUT2D eigenvalue weighted by Gasteiger charge is 2.21. The summed E-state index contributed by atoms with van der Waals surface area (Å²) in [6.07, 6.45) is 0.415. The minimum absolute atomic E-state index is 0.161. The van der Waals surface area contributed by atoms with Crippen LogP contribution in [-0.4, -0.2) is 31.0 Å². The summed E-state index contributed by atoms with van der Waals surface area (Å²) in [5, 5.41) is 12.5. The number of aliphatic carboxylic acids is 1. The van der Waals surface area contributed by atoms with Crippen LogP contribution in [0.15, 0.2) is 42.5 Å². The molecule has 2 aromatic carbocycles. The van der Waals surface area contributed by atoms with Gasteiger partial charge in [-0.3, -0.25) is 4.79 Å². The molecule has 6 heteroatoms. The number of carboxylic acids is 1. The molecule has 6 nitrogen and oxygen atoms in total. The lowest BCUT2D eigenvalue weighted by atomic mass is 10.1. The third-order valence-corrected chi connectivity index (χ3v) is 3.85. The molecule has 0 unspecified atom stereocenters. The van der Waals surface area contributed by atoms with Gasteiger partial charge in [-0.1, -0.05) is 30.3 Å². The number of nitrogens with one attached hydrogen (secondary N) is 1. The second-order valence-electron chi connectivity index (χ2n) is 5.49. The Morgan fingerprint density at radius 3 is 2.75 bits per heavy atom. The molecule has 0 saturated carbocycles. The number of hydrogen-bond donors (Lipinski definition) is 2. The maximum Gasteiger partial charge on any atom is 0.321 e. The molecule has 0 aromatic heterocycles. The summed E-state index contributed by atoms with van der Waals surface area (Å²) in [5.41, 5.74) is 1.84. The third kappa shape index (κ3) is 3.60. The zero-order chi connectivity index (χ0) is 16.9. The van der Waals surface area contributed by atoms with Gasteiger partial charge in [0.1, 0.15) is 6.04 Å². The SMILES string of the molecule is COc1cc(CN[C@H](Cc2ccccc2)C(=O)O)cc2c1OCO2. The van der Waals surface area contributed by atoms with Crippen molar-refractivity contribution in [3.8, 4) is 17.2 Å². The van der Waals surface area contributed by atoms with Crippen molar-refractivity contribution in [2.45, 2.75) is 19.0 Å². The van der Waals surface area contributed by atoms with Crippen LogP contribution in [-0.2, 0) is 17.8 Å². The van der Waals surface area contributed by atoms with Crippen molar-refractivity contribution in [3.63, 3.8) is 0 Å². The number of benzene rings is 2. The summed E-state index contributed by atoms with van der Waals surface area (Å²) in [4.78, 5) is 11.5. The largest absolute Gasteiger partial charge is 0.493 e. The summed E-state index contributed by atoms with van der Waals surface area (Å²) in [6, 6.07) is 12.5. The van der Waals surface area contributed by atoms with Crippen LogP contribution >= 0.6 is 0 Å². The van der Waals surface area contributed by atoms with Crippen molar-refractivity contribution < 1.29 is 24.1 Å². The molecule has 1 atom stereocenters. The Hall–Kier alpha value is -2.73. The minimum atomic E-state index is -0.883. The number of carboxylic acid groups (broad SMARTS) is 1. The first-order chi connectivity index (χ1) is 11.7. The lowest BCUT2D eigenvalue weighted by Gasteiger charge is -2.15. The van der Waals surface area contributed by atoms with Crippen molar-refractivity contribution in [3.05, 3.63) is 53.6 Å². The second kappa shape index (κ2) is 7.23. The van der Waals surface area contributed by atoms with E-state index < -0.39 is 12.0 Å². The molecule has 2 N–H and O–H groups in total. The van der Waals surface area contributed by atoms with E-state index in [4.69, 9.17) is 14.2 Å². The average Bonchev–Trinajstić information content (AvgIpc) is 3.07. The van der Waals surface area contributed by atoms with Crippen LogP contribution in [0, 0.1) is 0 Å². The predicted molar refractivity (Wildman–Crippen MR) is 87.5 cm³/mol. The maximum atomic E-state index is 11.5. The van der Waals surface area contributed by atoms with Gasteiger partial charge in [0, 0.05) is 6.54 Å². The molecule has 0 aliphatic carbocycles. The van der Waals surface area contributed by atoms with Gasteiger partial charge in [-0.05, 0) is 29.7 Å². The van der Waals surface area contributed by atoms with E-state index >= 15 is 0 Å². The molecule has 1 heterocycles. The van der Waals surface area contributed by atoms with E-state index in [-0.39, 0.29) is 6.79 Å². The van der Waals surface area contributed by atoms with E-state index in [2.05, 4.69) is 5.32 Å². The van der Waals surface area contributed by atoms with Gasteiger partial charge in [0.25, 0.3) is 0 Å². The standard InChI is InChI=1S/C18H19NO5/c1-22-15-8-13(9-16-17(15)24-11-23-16)10-19-14(18(20)21)7-12-5-3-2-4-6-12/h2-6,8-9,14,19H,7,10-11H2,1H3,(H,20,21)/t14-/m1/s1. The molecular weight excluding hydrogens is 310 g/mol. The molecule has 1 aliphatic heterocycles. The Labute approximate surface area is 140 Å². The fourth-order valence-corrected chi connectivity index (χ4v) is 2.62. The van der Waals surface area contributed by atoms with Gasteiger partial charge < -0.3 is 24.6 Å². The first-order valence-corrected chi connectivity index (χ1v) is 7.64. The van der Waals surface area contributed by atoms with Crippen LogP contribution < -0.4 is 19.5 Å². The first-order valence-electron chi connectivity index (χ1n) is 7.64. The van der Waals surface area contributed by atoms with Gasteiger partial charge in [0.05, 0.1) is 7.11 Å². The molecule has 1 aliphatic rings. The second-order valence-corrected chi connectivity index (χ2v) is 5.49. The summed E-state index contributed by atoms with van der Waals surface area (Å²) in [6.45, 7) is 0.547. The normalized spacial score (nSPS) is 13.5. The van der Waals surface area contributed by atoms with E-state index in [0.717, 1.165) is 11.1 Å². The van der Waals surface area contributed by atoms with E-state index in [1.165, 1.54) is 0 Å². The van der Waals surface area contributed by atoms with Crippen LogP contribution in [0.2, 0.25) is 0 Å². The minimum Gasteiger partial charge on any atom is -0.493 e. The summed E-state index contributed by atoms with van der Waals surface area (Å²) in [5.74, 6) is 0.893.